The summed E-state index contributed by atoms with van der Waals surface area (Å²) in [5.74, 6) is 2.60. The number of nitrogens with zero attached hydrogens (tertiary/aromatic N) is 5. The molecule has 1 saturated heterocycles. The SMILES string of the molecule is CCc1nc(C2CCCN2c2ncnc3c2CCC3)no1. The molecule has 0 spiro atoms. The molecule has 1 aliphatic heterocycles. The molecule has 6 nitrogen and oxygen atoms in total. The molecule has 1 aliphatic carbocycles. The first-order valence-corrected chi connectivity index (χ1v) is 7.78. The Morgan fingerprint density at radius 1 is 1.29 bits per heavy atom. The zero-order valence-electron chi connectivity index (χ0n) is 12.2. The second kappa shape index (κ2) is 5.09. The van der Waals surface area contributed by atoms with Gasteiger partial charge in [-0.25, -0.2) is 9.97 Å². The molecule has 21 heavy (non-hydrogen) atoms. The van der Waals surface area contributed by atoms with Gasteiger partial charge in [0.25, 0.3) is 0 Å². The number of aromatic nitrogens is 4. The van der Waals surface area contributed by atoms with Gasteiger partial charge in [-0.2, -0.15) is 4.98 Å². The van der Waals surface area contributed by atoms with Crippen LogP contribution >= 0.6 is 0 Å². The van der Waals surface area contributed by atoms with Gasteiger partial charge in [-0.3, -0.25) is 0 Å². The van der Waals surface area contributed by atoms with E-state index in [0.717, 1.165) is 50.3 Å². The minimum atomic E-state index is 0.189. The summed E-state index contributed by atoms with van der Waals surface area (Å²) < 4.78 is 5.28. The minimum absolute atomic E-state index is 0.189. The number of hydrogen-bond donors (Lipinski definition) is 0. The Hall–Kier alpha value is -1.98. The predicted molar refractivity (Wildman–Crippen MR) is 77.1 cm³/mol. The highest BCUT2D eigenvalue weighted by Crippen LogP contribution is 2.37. The normalized spacial score (nSPS) is 21.0. The van der Waals surface area contributed by atoms with Gasteiger partial charge in [0, 0.05) is 24.2 Å². The van der Waals surface area contributed by atoms with E-state index in [4.69, 9.17) is 4.52 Å². The lowest BCUT2D eigenvalue weighted by atomic mass is 10.2. The van der Waals surface area contributed by atoms with Crippen LogP contribution in [0.1, 0.15) is 55.2 Å². The molecular weight excluding hydrogens is 266 g/mol. The summed E-state index contributed by atoms with van der Waals surface area (Å²) in [4.78, 5) is 15.8. The number of rotatable bonds is 3. The standard InChI is InChI=1S/C15H19N5O/c1-2-13-18-14(19-21-13)12-7-4-8-20(12)15-10-5-3-6-11(10)16-9-17-15/h9,12H,2-8H2,1H3. The van der Waals surface area contributed by atoms with Crippen molar-refractivity contribution in [1.29, 1.82) is 0 Å². The second-order valence-electron chi connectivity index (χ2n) is 5.73. The molecule has 0 radical (unpaired) electrons. The van der Waals surface area contributed by atoms with Crippen LogP contribution in [0.15, 0.2) is 10.9 Å². The second-order valence-corrected chi connectivity index (χ2v) is 5.73. The molecule has 0 N–H and O–H groups in total. The van der Waals surface area contributed by atoms with Crippen molar-refractivity contribution in [2.24, 2.45) is 0 Å². The molecule has 0 saturated carbocycles. The van der Waals surface area contributed by atoms with Crippen LogP contribution < -0.4 is 4.90 Å². The first-order valence-electron chi connectivity index (χ1n) is 7.78. The minimum Gasteiger partial charge on any atom is -0.346 e. The van der Waals surface area contributed by atoms with Gasteiger partial charge in [0.1, 0.15) is 12.1 Å². The van der Waals surface area contributed by atoms with Gasteiger partial charge < -0.3 is 9.42 Å². The highest BCUT2D eigenvalue weighted by molar-refractivity contribution is 5.52. The van der Waals surface area contributed by atoms with Crippen LogP contribution in [-0.2, 0) is 19.3 Å². The Morgan fingerprint density at radius 3 is 3.10 bits per heavy atom. The Kier molecular flexibility index (Phi) is 3.09. The van der Waals surface area contributed by atoms with E-state index in [2.05, 4.69) is 25.0 Å². The highest BCUT2D eigenvalue weighted by Gasteiger charge is 2.33. The lowest BCUT2D eigenvalue weighted by Gasteiger charge is -2.25. The Labute approximate surface area is 123 Å². The molecular formula is C15H19N5O. The van der Waals surface area contributed by atoms with Crippen molar-refractivity contribution in [2.75, 3.05) is 11.4 Å². The molecule has 110 valence electrons. The molecule has 0 amide bonds. The van der Waals surface area contributed by atoms with Crippen LogP contribution in [0.4, 0.5) is 5.82 Å². The third-order valence-corrected chi connectivity index (χ3v) is 4.46. The van der Waals surface area contributed by atoms with Crippen LogP contribution in [0.25, 0.3) is 0 Å². The fourth-order valence-corrected chi connectivity index (χ4v) is 3.43. The zero-order chi connectivity index (χ0) is 14.2. The summed E-state index contributed by atoms with van der Waals surface area (Å²) in [6.07, 6.45) is 8.01. The molecule has 2 aromatic heterocycles. The molecule has 0 aromatic carbocycles. The third kappa shape index (κ3) is 2.09. The van der Waals surface area contributed by atoms with Crippen molar-refractivity contribution in [3.8, 4) is 0 Å². The maximum absolute atomic E-state index is 5.28. The number of anilines is 1. The molecule has 2 aliphatic rings. The van der Waals surface area contributed by atoms with E-state index >= 15 is 0 Å². The summed E-state index contributed by atoms with van der Waals surface area (Å²) in [5.41, 5.74) is 2.54. The fourth-order valence-electron chi connectivity index (χ4n) is 3.43. The van der Waals surface area contributed by atoms with Crippen LogP contribution in [0, 0.1) is 0 Å². The topological polar surface area (TPSA) is 67.9 Å². The first-order chi connectivity index (χ1) is 10.4. The van der Waals surface area contributed by atoms with Gasteiger partial charge in [0.15, 0.2) is 5.82 Å². The largest absolute Gasteiger partial charge is 0.346 e. The third-order valence-electron chi connectivity index (χ3n) is 4.46. The van der Waals surface area contributed by atoms with Crippen molar-refractivity contribution in [3.05, 3.63) is 29.3 Å². The van der Waals surface area contributed by atoms with Gasteiger partial charge in [-0.05, 0) is 32.1 Å². The van der Waals surface area contributed by atoms with Crippen molar-refractivity contribution in [1.82, 2.24) is 20.1 Å². The number of fused-ring (bicyclic) bond motifs is 1. The van der Waals surface area contributed by atoms with E-state index in [1.807, 2.05) is 6.92 Å². The first kappa shape index (κ1) is 12.7. The van der Waals surface area contributed by atoms with Gasteiger partial charge in [0.05, 0.1) is 6.04 Å². The lowest BCUT2D eigenvalue weighted by molar-refractivity contribution is 0.373. The molecule has 0 bridgehead atoms. The van der Waals surface area contributed by atoms with E-state index in [1.54, 1.807) is 6.33 Å². The van der Waals surface area contributed by atoms with Crippen molar-refractivity contribution in [2.45, 2.75) is 51.5 Å². The van der Waals surface area contributed by atoms with E-state index in [9.17, 15) is 0 Å². The van der Waals surface area contributed by atoms with Crippen LogP contribution in [0.2, 0.25) is 0 Å². The van der Waals surface area contributed by atoms with Gasteiger partial charge in [-0.15, -0.1) is 0 Å². The highest BCUT2D eigenvalue weighted by atomic mass is 16.5. The van der Waals surface area contributed by atoms with Gasteiger partial charge in [-0.1, -0.05) is 12.1 Å². The number of aryl methyl sites for hydroxylation is 2. The molecule has 1 atom stereocenters. The zero-order valence-corrected chi connectivity index (χ0v) is 12.2. The quantitative estimate of drug-likeness (QED) is 0.861. The van der Waals surface area contributed by atoms with Crippen LogP contribution in [0.3, 0.4) is 0 Å². The maximum atomic E-state index is 5.28. The lowest BCUT2D eigenvalue weighted by Crippen LogP contribution is -2.26. The van der Waals surface area contributed by atoms with Crippen molar-refractivity contribution in [3.63, 3.8) is 0 Å². The van der Waals surface area contributed by atoms with E-state index in [-0.39, 0.29) is 6.04 Å². The molecule has 1 unspecified atom stereocenters. The molecule has 2 aromatic rings. The Balaban J connectivity index is 1.69. The summed E-state index contributed by atoms with van der Waals surface area (Å²) in [5, 5.41) is 4.17. The maximum Gasteiger partial charge on any atom is 0.226 e. The predicted octanol–water partition coefficient (Wildman–Crippen LogP) is 2.25. The molecule has 4 rings (SSSR count). The van der Waals surface area contributed by atoms with Crippen LogP contribution in [-0.4, -0.2) is 26.7 Å². The van der Waals surface area contributed by atoms with Gasteiger partial charge in [0.2, 0.25) is 5.89 Å². The average molecular weight is 285 g/mol. The van der Waals surface area contributed by atoms with Crippen LogP contribution in [0.5, 0.6) is 0 Å². The average Bonchev–Trinajstić information content (AvgIpc) is 3.25. The molecule has 6 heteroatoms. The van der Waals surface area contributed by atoms with E-state index in [1.165, 1.54) is 17.7 Å². The summed E-state index contributed by atoms with van der Waals surface area (Å²) >= 11 is 0. The van der Waals surface area contributed by atoms with Gasteiger partial charge >= 0.3 is 0 Å². The molecule has 1 fully saturated rings. The van der Waals surface area contributed by atoms with E-state index in [0.29, 0.717) is 5.89 Å². The summed E-state index contributed by atoms with van der Waals surface area (Å²) in [6, 6.07) is 0.189. The van der Waals surface area contributed by atoms with Crippen molar-refractivity contribution >= 4 is 5.82 Å². The summed E-state index contributed by atoms with van der Waals surface area (Å²) in [7, 11) is 0. The Morgan fingerprint density at radius 2 is 2.24 bits per heavy atom. The Bertz CT molecular complexity index is 653. The number of hydrogen-bond acceptors (Lipinski definition) is 6. The monoisotopic (exact) mass is 285 g/mol. The summed E-state index contributed by atoms with van der Waals surface area (Å²) in [6.45, 7) is 3.03. The molecule has 3 heterocycles. The fraction of sp³-hybridized carbons (Fsp3) is 0.600. The van der Waals surface area contributed by atoms with E-state index < -0.39 is 0 Å². The van der Waals surface area contributed by atoms with Crippen molar-refractivity contribution < 1.29 is 4.52 Å². The smallest absolute Gasteiger partial charge is 0.226 e.